The Kier molecular flexibility index (Phi) is 6.29. The highest BCUT2D eigenvalue weighted by Crippen LogP contribution is 2.31. The van der Waals surface area contributed by atoms with E-state index in [9.17, 15) is 0 Å². The van der Waals surface area contributed by atoms with Crippen LogP contribution in [0.15, 0.2) is 24.3 Å². The van der Waals surface area contributed by atoms with Crippen LogP contribution < -0.4 is 5.32 Å². The van der Waals surface area contributed by atoms with Crippen molar-refractivity contribution in [1.82, 2.24) is 5.32 Å². The topological polar surface area (TPSA) is 12.0 Å². The van der Waals surface area contributed by atoms with E-state index in [0.717, 1.165) is 18.4 Å². The summed E-state index contributed by atoms with van der Waals surface area (Å²) < 4.78 is 0. The number of hydrogen-bond donors (Lipinski definition) is 1. The number of benzene rings is 1. The molecule has 1 saturated carbocycles. The third-order valence-electron chi connectivity index (χ3n) is 5.20. The predicted octanol–water partition coefficient (Wildman–Crippen LogP) is 5.16. The van der Waals surface area contributed by atoms with Gasteiger partial charge in [0.05, 0.1) is 0 Å². The molecule has 0 aliphatic heterocycles. The number of likely N-dealkylation sites (N-methyl/N-ethyl adjacent to an activating group) is 1. The maximum atomic E-state index is 3.75. The highest BCUT2D eigenvalue weighted by Gasteiger charge is 2.25. The third-order valence-corrected chi connectivity index (χ3v) is 5.20. The first kappa shape index (κ1) is 16.5. The van der Waals surface area contributed by atoms with E-state index >= 15 is 0 Å². The zero-order chi connectivity index (χ0) is 15.2. The Labute approximate surface area is 131 Å². The van der Waals surface area contributed by atoms with Gasteiger partial charge in [-0.05, 0) is 54.7 Å². The minimum Gasteiger partial charge on any atom is -0.314 e. The van der Waals surface area contributed by atoms with E-state index < -0.39 is 0 Å². The Bertz CT molecular complexity index is 398. The van der Waals surface area contributed by atoms with E-state index in [1.165, 1.54) is 43.2 Å². The second kappa shape index (κ2) is 7.98. The number of nitrogens with one attached hydrogen (secondary N) is 1. The third kappa shape index (κ3) is 4.85. The minimum absolute atomic E-state index is 0.628. The van der Waals surface area contributed by atoms with Crippen LogP contribution in [-0.2, 0) is 6.42 Å². The van der Waals surface area contributed by atoms with E-state index in [4.69, 9.17) is 0 Å². The average molecular weight is 287 g/mol. The molecule has 1 aromatic rings. The molecule has 1 heteroatoms. The summed E-state index contributed by atoms with van der Waals surface area (Å²) in [4.78, 5) is 0. The van der Waals surface area contributed by atoms with Gasteiger partial charge in [0.25, 0.3) is 0 Å². The quantitative estimate of drug-likeness (QED) is 0.762. The molecule has 0 saturated heterocycles. The molecule has 1 aromatic carbocycles. The van der Waals surface area contributed by atoms with Gasteiger partial charge in [-0.2, -0.15) is 0 Å². The van der Waals surface area contributed by atoms with Gasteiger partial charge in [0, 0.05) is 6.04 Å². The average Bonchev–Trinajstić information content (AvgIpc) is 2.48. The second-order valence-electron chi connectivity index (χ2n) is 7.28. The molecule has 0 spiro atoms. The molecule has 2 rings (SSSR count). The first-order valence-electron chi connectivity index (χ1n) is 8.92. The van der Waals surface area contributed by atoms with Crippen molar-refractivity contribution in [2.45, 2.75) is 71.8 Å². The summed E-state index contributed by atoms with van der Waals surface area (Å²) in [5, 5.41) is 3.75. The molecule has 118 valence electrons. The van der Waals surface area contributed by atoms with E-state index in [-0.39, 0.29) is 0 Å². The first-order valence-corrected chi connectivity index (χ1v) is 8.92. The van der Waals surface area contributed by atoms with Crippen LogP contribution in [0, 0.1) is 11.8 Å². The maximum absolute atomic E-state index is 3.75. The molecular formula is C20H33N. The van der Waals surface area contributed by atoms with Crippen LogP contribution in [0.4, 0.5) is 0 Å². The van der Waals surface area contributed by atoms with Crippen molar-refractivity contribution in [2.24, 2.45) is 11.8 Å². The van der Waals surface area contributed by atoms with Crippen molar-refractivity contribution in [3.8, 4) is 0 Å². The zero-order valence-electron chi connectivity index (χ0n) is 14.4. The fraction of sp³-hybridized carbons (Fsp3) is 0.700. The lowest BCUT2D eigenvalue weighted by Crippen LogP contribution is -2.39. The van der Waals surface area contributed by atoms with Crippen molar-refractivity contribution in [3.63, 3.8) is 0 Å². The fourth-order valence-electron chi connectivity index (χ4n) is 3.65. The van der Waals surface area contributed by atoms with E-state index in [0.29, 0.717) is 12.0 Å². The Hall–Kier alpha value is -0.820. The van der Waals surface area contributed by atoms with Gasteiger partial charge < -0.3 is 5.32 Å². The molecule has 1 fully saturated rings. The van der Waals surface area contributed by atoms with Crippen molar-refractivity contribution in [3.05, 3.63) is 35.4 Å². The van der Waals surface area contributed by atoms with Gasteiger partial charge in [-0.3, -0.25) is 0 Å². The van der Waals surface area contributed by atoms with Crippen molar-refractivity contribution in [1.29, 1.82) is 0 Å². The highest BCUT2D eigenvalue weighted by atomic mass is 14.9. The first-order chi connectivity index (χ1) is 10.1. The predicted molar refractivity (Wildman–Crippen MR) is 92.8 cm³/mol. The van der Waals surface area contributed by atoms with Gasteiger partial charge in [0.1, 0.15) is 0 Å². The summed E-state index contributed by atoms with van der Waals surface area (Å²) in [6.45, 7) is 10.3. The van der Waals surface area contributed by atoms with Crippen molar-refractivity contribution < 1.29 is 0 Å². The lowest BCUT2D eigenvalue weighted by Gasteiger charge is -2.33. The smallest absolute Gasteiger partial charge is 0.0136 e. The van der Waals surface area contributed by atoms with Gasteiger partial charge in [-0.1, -0.05) is 64.8 Å². The normalized spacial score (nSPS) is 24.2. The SMILES string of the molecule is CCNC(Cc1ccc(C(C)C)cc1)C1CCC(C)CC1. The molecule has 0 radical (unpaired) electrons. The van der Waals surface area contributed by atoms with Gasteiger partial charge in [-0.15, -0.1) is 0 Å². The molecule has 1 unspecified atom stereocenters. The molecule has 1 nitrogen and oxygen atoms in total. The molecule has 0 aromatic heterocycles. The fourth-order valence-corrected chi connectivity index (χ4v) is 3.65. The monoisotopic (exact) mass is 287 g/mol. The largest absolute Gasteiger partial charge is 0.314 e. The Balaban J connectivity index is 1.98. The van der Waals surface area contributed by atoms with Gasteiger partial charge in [0.2, 0.25) is 0 Å². The molecular weight excluding hydrogens is 254 g/mol. The molecule has 0 amide bonds. The number of rotatable bonds is 6. The summed E-state index contributed by atoms with van der Waals surface area (Å²) in [6.07, 6.45) is 6.83. The van der Waals surface area contributed by atoms with E-state index in [1.807, 2.05) is 0 Å². The van der Waals surface area contributed by atoms with Crippen LogP contribution in [0.1, 0.15) is 70.4 Å². The van der Waals surface area contributed by atoms with Crippen LogP contribution in [0.2, 0.25) is 0 Å². The van der Waals surface area contributed by atoms with Crippen LogP contribution in [-0.4, -0.2) is 12.6 Å². The van der Waals surface area contributed by atoms with Crippen LogP contribution in [0.3, 0.4) is 0 Å². The summed E-state index contributed by atoms with van der Waals surface area (Å²) in [5.41, 5.74) is 2.94. The van der Waals surface area contributed by atoms with Crippen molar-refractivity contribution in [2.75, 3.05) is 6.54 Å². The molecule has 21 heavy (non-hydrogen) atoms. The lowest BCUT2D eigenvalue weighted by molar-refractivity contribution is 0.230. The maximum Gasteiger partial charge on any atom is 0.0136 e. The second-order valence-corrected chi connectivity index (χ2v) is 7.28. The van der Waals surface area contributed by atoms with Gasteiger partial charge in [0.15, 0.2) is 0 Å². The molecule has 1 N–H and O–H groups in total. The van der Waals surface area contributed by atoms with Gasteiger partial charge in [-0.25, -0.2) is 0 Å². The van der Waals surface area contributed by atoms with Crippen molar-refractivity contribution >= 4 is 0 Å². The molecule has 0 heterocycles. The zero-order valence-corrected chi connectivity index (χ0v) is 14.4. The number of hydrogen-bond acceptors (Lipinski definition) is 1. The summed E-state index contributed by atoms with van der Waals surface area (Å²) in [6, 6.07) is 9.96. The molecule has 1 aliphatic rings. The van der Waals surface area contributed by atoms with E-state index in [2.05, 4.69) is 57.3 Å². The standard InChI is InChI=1S/C20H33N/c1-5-21-20(19-10-6-16(4)7-11-19)14-17-8-12-18(13-9-17)15(2)3/h8-9,12-13,15-16,19-21H,5-7,10-11,14H2,1-4H3. The molecule has 0 bridgehead atoms. The van der Waals surface area contributed by atoms with Gasteiger partial charge >= 0.3 is 0 Å². The Morgan fingerprint density at radius 3 is 2.19 bits per heavy atom. The Morgan fingerprint density at radius 1 is 1.05 bits per heavy atom. The summed E-state index contributed by atoms with van der Waals surface area (Å²) in [7, 11) is 0. The summed E-state index contributed by atoms with van der Waals surface area (Å²) in [5.74, 6) is 2.43. The van der Waals surface area contributed by atoms with Crippen LogP contribution >= 0.6 is 0 Å². The summed E-state index contributed by atoms with van der Waals surface area (Å²) >= 11 is 0. The molecule has 1 atom stereocenters. The lowest BCUT2D eigenvalue weighted by atomic mass is 9.77. The highest BCUT2D eigenvalue weighted by molar-refractivity contribution is 5.25. The van der Waals surface area contributed by atoms with Crippen LogP contribution in [0.25, 0.3) is 0 Å². The van der Waals surface area contributed by atoms with Crippen LogP contribution in [0.5, 0.6) is 0 Å². The minimum atomic E-state index is 0.628. The Morgan fingerprint density at radius 2 is 1.67 bits per heavy atom. The van der Waals surface area contributed by atoms with E-state index in [1.54, 1.807) is 0 Å². The molecule has 1 aliphatic carbocycles.